The lowest BCUT2D eigenvalue weighted by Gasteiger charge is -2.17. The van der Waals surface area contributed by atoms with Crippen molar-refractivity contribution in [3.63, 3.8) is 0 Å². The third-order valence-corrected chi connectivity index (χ3v) is 4.40. The maximum atomic E-state index is 12.2. The molecule has 0 aromatic heterocycles. The third kappa shape index (κ3) is 6.40. The molecule has 0 unspecified atom stereocenters. The summed E-state index contributed by atoms with van der Waals surface area (Å²) in [5.74, 6) is -1.70. The number of anilines is 1. The highest BCUT2D eigenvalue weighted by Gasteiger charge is 2.21. The van der Waals surface area contributed by atoms with E-state index in [0.29, 0.717) is 0 Å². The van der Waals surface area contributed by atoms with Gasteiger partial charge in [-0.1, -0.05) is 30.3 Å². The molecule has 2 amide bonds. The summed E-state index contributed by atoms with van der Waals surface area (Å²) in [6.07, 6.45) is -0.166. The summed E-state index contributed by atoms with van der Waals surface area (Å²) in [4.78, 5) is 46.4. The number of amides is 2. The number of carbonyl (C=O) groups is 3. The number of rotatable bonds is 8. The van der Waals surface area contributed by atoms with Gasteiger partial charge in [-0.15, -0.1) is 0 Å². The van der Waals surface area contributed by atoms with E-state index in [1.807, 2.05) is 6.07 Å². The second kappa shape index (κ2) is 10.1. The number of esters is 1. The third-order valence-electron chi connectivity index (χ3n) is 4.40. The molecule has 0 saturated carbocycles. The zero-order chi connectivity index (χ0) is 22.3. The Morgan fingerprint density at radius 2 is 1.73 bits per heavy atom. The molecule has 30 heavy (non-hydrogen) atoms. The van der Waals surface area contributed by atoms with Crippen molar-refractivity contribution < 1.29 is 24.0 Å². The zero-order valence-electron chi connectivity index (χ0n) is 16.9. The van der Waals surface area contributed by atoms with E-state index < -0.39 is 29.4 Å². The Bertz CT molecular complexity index is 959. The molecule has 0 fully saturated rings. The van der Waals surface area contributed by atoms with Crippen molar-refractivity contribution in [2.45, 2.75) is 33.2 Å². The maximum absolute atomic E-state index is 12.2. The molecule has 2 N–H and O–H groups in total. The second-order valence-corrected chi connectivity index (χ2v) is 6.79. The van der Waals surface area contributed by atoms with Gasteiger partial charge in [-0.3, -0.25) is 24.5 Å². The minimum Gasteiger partial charge on any atom is -0.455 e. The van der Waals surface area contributed by atoms with Gasteiger partial charge in [-0.05, 0) is 36.6 Å². The first-order valence-electron chi connectivity index (χ1n) is 9.20. The molecule has 0 heterocycles. The number of nitro groups is 1. The Labute approximate surface area is 173 Å². The molecule has 2 rings (SSSR count). The van der Waals surface area contributed by atoms with Crippen molar-refractivity contribution in [3.05, 3.63) is 69.3 Å². The van der Waals surface area contributed by atoms with Crippen LogP contribution in [0.25, 0.3) is 0 Å². The largest absolute Gasteiger partial charge is 0.455 e. The normalized spacial score (nSPS) is 11.3. The molecule has 0 spiro atoms. The number of nitro benzene ring substituents is 1. The van der Waals surface area contributed by atoms with Crippen molar-refractivity contribution in [3.8, 4) is 0 Å². The number of aryl methyl sites for hydroxylation is 2. The molecular formula is C21H23N3O6. The number of benzene rings is 2. The van der Waals surface area contributed by atoms with Crippen LogP contribution in [0.1, 0.15) is 36.1 Å². The summed E-state index contributed by atoms with van der Waals surface area (Å²) < 4.78 is 4.99. The number of nitrogens with one attached hydrogen (secondary N) is 2. The van der Waals surface area contributed by atoms with Crippen molar-refractivity contribution in [1.82, 2.24) is 5.32 Å². The van der Waals surface area contributed by atoms with Crippen LogP contribution in [-0.2, 0) is 19.1 Å². The number of nitrogens with zero attached hydrogens (tertiary/aromatic N) is 1. The molecule has 0 bridgehead atoms. The molecule has 9 heteroatoms. The van der Waals surface area contributed by atoms with Gasteiger partial charge in [0, 0.05) is 13.0 Å². The summed E-state index contributed by atoms with van der Waals surface area (Å²) in [6.45, 7) is 4.23. The van der Waals surface area contributed by atoms with Gasteiger partial charge in [-0.25, -0.2) is 0 Å². The van der Waals surface area contributed by atoms with E-state index in [-0.39, 0.29) is 23.7 Å². The van der Waals surface area contributed by atoms with Crippen LogP contribution in [0.2, 0.25) is 0 Å². The average molecular weight is 413 g/mol. The highest BCUT2D eigenvalue weighted by molar-refractivity contribution is 5.95. The summed E-state index contributed by atoms with van der Waals surface area (Å²) in [5.41, 5.74) is 2.00. The summed E-state index contributed by atoms with van der Waals surface area (Å²) in [5, 5.41) is 16.3. The number of ether oxygens (including phenoxy) is 1. The predicted octanol–water partition coefficient (Wildman–Crippen LogP) is 2.96. The number of hydrogen-bond donors (Lipinski definition) is 2. The SMILES string of the molecule is CC(=O)N[C@H](CC(=O)OCC(=O)Nc1cc(C)c(C)cc1[N+](=O)[O-])c1ccccc1. The molecule has 158 valence electrons. The zero-order valence-corrected chi connectivity index (χ0v) is 16.9. The van der Waals surface area contributed by atoms with Gasteiger partial charge in [0.05, 0.1) is 17.4 Å². The molecule has 1 atom stereocenters. The van der Waals surface area contributed by atoms with E-state index in [0.717, 1.165) is 16.7 Å². The van der Waals surface area contributed by atoms with Gasteiger partial charge in [0.2, 0.25) is 5.91 Å². The molecule has 0 aliphatic carbocycles. The Kier molecular flexibility index (Phi) is 7.62. The Morgan fingerprint density at radius 3 is 2.33 bits per heavy atom. The van der Waals surface area contributed by atoms with E-state index in [2.05, 4.69) is 10.6 Å². The predicted molar refractivity (Wildman–Crippen MR) is 110 cm³/mol. The van der Waals surface area contributed by atoms with Crippen LogP contribution in [0, 0.1) is 24.0 Å². The topological polar surface area (TPSA) is 128 Å². The summed E-state index contributed by atoms with van der Waals surface area (Å²) in [6, 6.07) is 11.2. The van der Waals surface area contributed by atoms with Gasteiger partial charge >= 0.3 is 5.97 Å². The fraction of sp³-hybridized carbons (Fsp3) is 0.286. The standard InChI is InChI=1S/C21H23N3O6/c1-13-9-18(19(24(28)29)10-14(13)2)23-20(26)12-30-21(27)11-17(22-15(3)25)16-7-5-4-6-8-16/h4-10,17H,11-12H2,1-3H3,(H,22,25)(H,23,26)/t17-/m1/s1. The summed E-state index contributed by atoms with van der Waals surface area (Å²) in [7, 11) is 0. The van der Waals surface area contributed by atoms with Crippen LogP contribution >= 0.6 is 0 Å². The van der Waals surface area contributed by atoms with Crippen LogP contribution in [0.5, 0.6) is 0 Å². The van der Waals surface area contributed by atoms with Gasteiger partial charge in [0.15, 0.2) is 6.61 Å². The van der Waals surface area contributed by atoms with E-state index >= 15 is 0 Å². The number of carbonyl (C=O) groups excluding carboxylic acids is 3. The first-order chi connectivity index (χ1) is 14.2. The van der Waals surface area contributed by atoms with Crippen molar-refractivity contribution in [2.24, 2.45) is 0 Å². The van der Waals surface area contributed by atoms with Crippen LogP contribution in [0.15, 0.2) is 42.5 Å². The minimum absolute atomic E-state index is 0.0320. The minimum atomic E-state index is -0.703. The molecule has 0 radical (unpaired) electrons. The molecule has 2 aromatic rings. The quantitative estimate of drug-likeness (QED) is 0.389. The fourth-order valence-electron chi connectivity index (χ4n) is 2.79. The molecule has 0 aliphatic rings. The fourth-order valence-corrected chi connectivity index (χ4v) is 2.79. The van der Waals surface area contributed by atoms with E-state index in [1.54, 1.807) is 38.1 Å². The second-order valence-electron chi connectivity index (χ2n) is 6.79. The molecule has 0 aliphatic heterocycles. The summed E-state index contributed by atoms with van der Waals surface area (Å²) >= 11 is 0. The van der Waals surface area contributed by atoms with Crippen LogP contribution in [0.3, 0.4) is 0 Å². The Morgan fingerprint density at radius 1 is 1.10 bits per heavy atom. The Balaban J connectivity index is 1.99. The highest BCUT2D eigenvalue weighted by Crippen LogP contribution is 2.27. The van der Waals surface area contributed by atoms with E-state index in [4.69, 9.17) is 4.74 Å². The van der Waals surface area contributed by atoms with Gasteiger partial charge in [0.25, 0.3) is 11.6 Å². The van der Waals surface area contributed by atoms with Gasteiger partial charge in [-0.2, -0.15) is 0 Å². The number of hydrogen-bond acceptors (Lipinski definition) is 6. The van der Waals surface area contributed by atoms with Crippen LogP contribution < -0.4 is 10.6 Å². The molecule has 0 saturated heterocycles. The Hall–Kier alpha value is -3.75. The van der Waals surface area contributed by atoms with Crippen LogP contribution in [-0.4, -0.2) is 29.3 Å². The lowest BCUT2D eigenvalue weighted by atomic mass is 10.0. The lowest BCUT2D eigenvalue weighted by Crippen LogP contribution is -2.29. The molecule has 2 aromatic carbocycles. The molecular weight excluding hydrogens is 390 g/mol. The average Bonchev–Trinajstić information content (AvgIpc) is 2.68. The van der Waals surface area contributed by atoms with Crippen molar-refractivity contribution >= 4 is 29.2 Å². The first-order valence-corrected chi connectivity index (χ1v) is 9.20. The first kappa shape index (κ1) is 22.5. The monoisotopic (exact) mass is 413 g/mol. The van der Waals surface area contributed by atoms with Gasteiger partial charge < -0.3 is 15.4 Å². The lowest BCUT2D eigenvalue weighted by molar-refractivity contribution is -0.384. The van der Waals surface area contributed by atoms with Crippen molar-refractivity contribution in [1.29, 1.82) is 0 Å². The highest BCUT2D eigenvalue weighted by atomic mass is 16.6. The van der Waals surface area contributed by atoms with E-state index in [1.165, 1.54) is 19.1 Å². The smallest absolute Gasteiger partial charge is 0.308 e. The maximum Gasteiger partial charge on any atom is 0.308 e. The van der Waals surface area contributed by atoms with E-state index in [9.17, 15) is 24.5 Å². The van der Waals surface area contributed by atoms with Crippen molar-refractivity contribution in [2.75, 3.05) is 11.9 Å². The molecule has 9 nitrogen and oxygen atoms in total. The van der Waals surface area contributed by atoms with Gasteiger partial charge in [0.1, 0.15) is 5.69 Å². The van der Waals surface area contributed by atoms with Crippen LogP contribution in [0.4, 0.5) is 11.4 Å².